The molecule has 19 heavy (non-hydrogen) atoms. The molecule has 0 aromatic heterocycles. The topological polar surface area (TPSA) is 37.4 Å². The van der Waals surface area contributed by atoms with Gasteiger partial charge in [0.15, 0.2) is 9.84 Å². The van der Waals surface area contributed by atoms with Crippen LogP contribution in [0, 0.1) is 0 Å². The van der Waals surface area contributed by atoms with Crippen LogP contribution in [0.5, 0.6) is 0 Å². The van der Waals surface area contributed by atoms with E-state index < -0.39 is 9.84 Å². The van der Waals surface area contributed by atoms with Gasteiger partial charge in [-0.15, -0.1) is 0 Å². The van der Waals surface area contributed by atoms with E-state index in [4.69, 9.17) is 0 Å². The minimum atomic E-state index is -2.77. The van der Waals surface area contributed by atoms with Crippen LogP contribution in [0.25, 0.3) is 5.57 Å². The number of nitrogens with zero attached hydrogens (tertiary/aromatic N) is 1. The minimum absolute atomic E-state index is 0.235. The molecule has 1 saturated heterocycles. The normalized spacial score (nSPS) is 27.2. The van der Waals surface area contributed by atoms with Gasteiger partial charge >= 0.3 is 0 Å². The molecular formula is C15H19NO2S. The summed E-state index contributed by atoms with van der Waals surface area (Å²) in [5, 5.41) is 0. The molecular weight excluding hydrogens is 258 g/mol. The van der Waals surface area contributed by atoms with Gasteiger partial charge in [0, 0.05) is 19.1 Å². The molecule has 0 saturated carbocycles. The van der Waals surface area contributed by atoms with Crippen molar-refractivity contribution in [3.8, 4) is 0 Å². The Bertz CT molecular complexity index is 577. The summed E-state index contributed by atoms with van der Waals surface area (Å²) in [5.74, 6) is 0.713. The fourth-order valence-electron chi connectivity index (χ4n) is 2.99. The van der Waals surface area contributed by atoms with Crippen molar-refractivity contribution in [2.24, 2.45) is 0 Å². The molecule has 2 aliphatic rings. The third-order valence-electron chi connectivity index (χ3n) is 4.11. The molecule has 102 valence electrons. The van der Waals surface area contributed by atoms with Crippen molar-refractivity contribution in [1.29, 1.82) is 0 Å². The zero-order valence-corrected chi connectivity index (χ0v) is 11.8. The van der Waals surface area contributed by atoms with E-state index in [0.717, 1.165) is 25.9 Å². The van der Waals surface area contributed by atoms with E-state index in [2.05, 4.69) is 35.2 Å². The van der Waals surface area contributed by atoms with E-state index in [-0.39, 0.29) is 6.04 Å². The summed E-state index contributed by atoms with van der Waals surface area (Å²) in [6, 6.07) is 10.7. The Labute approximate surface area is 114 Å². The first kappa shape index (κ1) is 12.9. The highest BCUT2D eigenvalue weighted by Gasteiger charge is 2.32. The predicted molar refractivity (Wildman–Crippen MR) is 77.7 cm³/mol. The summed E-state index contributed by atoms with van der Waals surface area (Å²) in [5.41, 5.74) is 2.68. The molecule has 1 aromatic rings. The highest BCUT2D eigenvalue weighted by Crippen LogP contribution is 2.26. The molecule has 1 aromatic carbocycles. The Balaban J connectivity index is 1.68. The minimum Gasteiger partial charge on any atom is -0.295 e. The zero-order valence-electron chi connectivity index (χ0n) is 11.0. The molecule has 0 spiro atoms. The lowest BCUT2D eigenvalue weighted by Gasteiger charge is -2.31. The van der Waals surface area contributed by atoms with Crippen molar-refractivity contribution in [2.45, 2.75) is 18.9 Å². The number of benzene rings is 1. The lowest BCUT2D eigenvalue weighted by atomic mass is 9.98. The first-order valence-electron chi connectivity index (χ1n) is 6.83. The lowest BCUT2D eigenvalue weighted by molar-refractivity contribution is 0.234. The summed E-state index contributed by atoms with van der Waals surface area (Å²) in [6.45, 7) is 1.85. The Morgan fingerprint density at radius 2 is 1.95 bits per heavy atom. The van der Waals surface area contributed by atoms with Gasteiger partial charge in [0.25, 0.3) is 0 Å². The second-order valence-electron chi connectivity index (χ2n) is 5.40. The van der Waals surface area contributed by atoms with Gasteiger partial charge in [0.1, 0.15) is 0 Å². The van der Waals surface area contributed by atoms with E-state index in [9.17, 15) is 8.42 Å². The molecule has 0 N–H and O–H groups in total. The largest absolute Gasteiger partial charge is 0.295 e. The van der Waals surface area contributed by atoms with Gasteiger partial charge in [-0.05, 0) is 24.0 Å². The fraction of sp³-hybridized carbons (Fsp3) is 0.467. The summed E-state index contributed by atoms with van der Waals surface area (Å²) in [4.78, 5) is 2.32. The van der Waals surface area contributed by atoms with Crippen LogP contribution in [0.1, 0.15) is 18.4 Å². The predicted octanol–water partition coefficient (Wildman–Crippen LogP) is 1.96. The summed E-state index contributed by atoms with van der Waals surface area (Å²) in [7, 11) is -2.77. The molecule has 2 aliphatic heterocycles. The molecule has 3 nitrogen and oxygen atoms in total. The maximum absolute atomic E-state index is 11.5. The second-order valence-corrected chi connectivity index (χ2v) is 7.63. The first-order chi connectivity index (χ1) is 9.14. The van der Waals surface area contributed by atoms with Gasteiger partial charge in [-0.2, -0.15) is 0 Å². The maximum Gasteiger partial charge on any atom is 0.151 e. The molecule has 0 unspecified atom stereocenters. The molecule has 4 heteroatoms. The Hall–Kier alpha value is -1.13. The molecule has 0 bridgehead atoms. The van der Waals surface area contributed by atoms with Crippen LogP contribution in [-0.2, 0) is 9.84 Å². The molecule has 3 rings (SSSR count). The SMILES string of the molecule is O=S1(=O)CC[C@H](N2CC=C(c3ccccc3)CC2)C1. The lowest BCUT2D eigenvalue weighted by Crippen LogP contribution is -2.39. The zero-order chi connectivity index (χ0) is 13.3. The van der Waals surface area contributed by atoms with Crippen LogP contribution >= 0.6 is 0 Å². The average Bonchev–Trinajstić information content (AvgIpc) is 2.80. The van der Waals surface area contributed by atoms with Gasteiger partial charge in [0.2, 0.25) is 0 Å². The molecule has 2 heterocycles. The van der Waals surface area contributed by atoms with Crippen LogP contribution in [0.4, 0.5) is 0 Å². The Morgan fingerprint density at radius 1 is 1.16 bits per heavy atom. The first-order valence-corrected chi connectivity index (χ1v) is 8.65. The van der Waals surface area contributed by atoms with Crippen LogP contribution in [0.15, 0.2) is 36.4 Å². The molecule has 1 fully saturated rings. The summed E-state index contributed by atoms with van der Waals surface area (Å²) in [6.07, 6.45) is 4.07. The number of rotatable bonds is 2. The standard InChI is InChI=1S/C15H19NO2S/c17-19(18)11-8-15(12-19)16-9-6-14(7-10-16)13-4-2-1-3-5-13/h1-6,15H,7-12H2/t15-/m0/s1. The van der Waals surface area contributed by atoms with Gasteiger partial charge in [-0.25, -0.2) is 8.42 Å². The fourth-order valence-corrected chi connectivity index (χ4v) is 4.76. The van der Waals surface area contributed by atoms with Crippen molar-refractivity contribution >= 4 is 15.4 Å². The average molecular weight is 277 g/mol. The van der Waals surface area contributed by atoms with Gasteiger partial charge in [0.05, 0.1) is 11.5 Å². The van der Waals surface area contributed by atoms with Crippen molar-refractivity contribution in [1.82, 2.24) is 4.90 Å². The van der Waals surface area contributed by atoms with Crippen molar-refractivity contribution in [3.63, 3.8) is 0 Å². The monoisotopic (exact) mass is 277 g/mol. The van der Waals surface area contributed by atoms with Crippen LogP contribution < -0.4 is 0 Å². The highest BCUT2D eigenvalue weighted by molar-refractivity contribution is 7.91. The molecule has 0 radical (unpaired) electrons. The Kier molecular flexibility index (Phi) is 3.46. The second kappa shape index (κ2) is 5.10. The van der Waals surface area contributed by atoms with Crippen LogP contribution in [-0.4, -0.2) is 44.0 Å². The van der Waals surface area contributed by atoms with E-state index in [0.29, 0.717) is 11.5 Å². The van der Waals surface area contributed by atoms with Crippen molar-refractivity contribution < 1.29 is 8.42 Å². The number of hydrogen-bond acceptors (Lipinski definition) is 3. The van der Waals surface area contributed by atoms with Crippen LogP contribution in [0.3, 0.4) is 0 Å². The molecule has 1 atom stereocenters. The molecule has 0 aliphatic carbocycles. The van der Waals surface area contributed by atoms with Gasteiger partial charge < -0.3 is 0 Å². The smallest absolute Gasteiger partial charge is 0.151 e. The van der Waals surface area contributed by atoms with E-state index in [1.54, 1.807) is 0 Å². The third kappa shape index (κ3) is 2.90. The van der Waals surface area contributed by atoms with E-state index in [1.807, 2.05) is 6.07 Å². The third-order valence-corrected chi connectivity index (χ3v) is 5.86. The highest BCUT2D eigenvalue weighted by atomic mass is 32.2. The maximum atomic E-state index is 11.5. The summed E-state index contributed by atoms with van der Waals surface area (Å²) >= 11 is 0. The summed E-state index contributed by atoms with van der Waals surface area (Å²) < 4.78 is 23.1. The van der Waals surface area contributed by atoms with Gasteiger partial charge in [-0.3, -0.25) is 4.90 Å². The Morgan fingerprint density at radius 3 is 2.53 bits per heavy atom. The van der Waals surface area contributed by atoms with E-state index in [1.165, 1.54) is 11.1 Å². The van der Waals surface area contributed by atoms with Crippen LogP contribution in [0.2, 0.25) is 0 Å². The van der Waals surface area contributed by atoms with Gasteiger partial charge in [-0.1, -0.05) is 36.4 Å². The number of hydrogen-bond donors (Lipinski definition) is 0. The quantitative estimate of drug-likeness (QED) is 0.829. The number of sulfone groups is 1. The van der Waals surface area contributed by atoms with E-state index >= 15 is 0 Å². The van der Waals surface area contributed by atoms with Crippen molar-refractivity contribution in [2.75, 3.05) is 24.6 Å². The van der Waals surface area contributed by atoms with Crippen molar-refractivity contribution in [3.05, 3.63) is 42.0 Å². The molecule has 0 amide bonds.